The molecular weight excluding hydrogens is 323 g/mol. The van der Waals surface area contributed by atoms with E-state index in [1.54, 1.807) is 12.1 Å². The molecule has 1 saturated heterocycles. The van der Waals surface area contributed by atoms with Crippen molar-refractivity contribution in [2.75, 3.05) is 13.1 Å². The summed E-state index contributed by atoms with van der Waals surface area (Å²) in [5.41, 5.74) is 1.56. The fraction of sp³-hybridized carbons (Fsp3) is 0.389. The maximum atomic E-state index is 13.4. The van der Waals surface area contributed by atoms with Crippen LogP contribution in [0.2, 0.25) is 0 Å². The maximum absolute atomic E-state index is 13.4. The van der Waals surface area contributed by atoms with Crippen molar-refractivity contribution in [2.45, 2.75) is 32.2 Å². The zero-order chi connectivity index (χ0) is 17.2. The molecule has 130 valence electrons. The Morgan fingerprint density at radius 3 is 2.96 bits per heavy atom. The number of benzene rings is 1. The summed E-state index contributed by atoms with van der Waals surface area (Å²) in [7, 11) is 0. The largest absolute Gasteiger partial charge is 0.361 e. The molecule has 7 heteroatoms. The Morgan fingerprint density at radius 1 is 1.24 bits per heavy atom. The van der Waals surface area contributed by atoms with Crippen molar-refractivity contribution in [1.82, 2.24) is 20.2 Å². The van der Waals surface area contributed by atoms with Crippen molar-refractivity contribution in [3.8, 4) is 11.4 Å². The van der Waals surface area contributed by atoms with Gasteiger partial charge in [0.15, 0.2) is 0 Å². The topological polar surface area (TPSA) is 68.2 Å². The third-order valence-corrected chi connectivity index (χ3v) is 4.44. The van der Waals surface area contributed by atoms with E-state index in [2.05, 4.69) is 20.2 Å². The van der Waals surface area contributed by atoms with E-state index < -0.39 is 0 Å². The monoisotopic (exact) mass is 342 g/mol. The minimum atomic E-state index is -0.310. The molecule has 6 nitrogen and oxygen atoms in total. The summed E-state index contributed by atoms with van der Waals surface area (Å²) < 4.78 is 24.0. The van der Waals surface area contributed by atoms with E-state index in [9.17, 15) is 4.39 Å². The van der Waals surface area contributed by atoms with Crippen LogP contribution in [0.5, 0.6) is 0 Å². The van der Waals surface area contributed by atoms with Gasteiger partial charge in [-0.3, -0.25) is 4.90 Å². The van der Waals surface area contributed by atoms with Crippen LogP contribution in [0, 0.1) is 12.7 Å². The molecule has 0 saturated carbocycles. The van der Waals surface area contributed by atoms with E-state index in [0.717, 1.165) is 43.9 Å². The number of hydrogen-bond donors (Lipinski definition) is 0. The Labute approximate surface area is 144 Å². The number of aryl methyl sites for hydroxylation is 1. The summed E-state index contributed by atoms with van der Waals surface area (Å²) in [6.07, 6.45) is 2.05. The van der Waals surface area contributed by atoms with E-state index in [1.807, 2.05) is 13.0 Å². The summed E-state index contributed by atoms with van der Waals surface area (Å²) in [4.78, 5) is 6.80. The lowest BCUT2D eigenvalue weighted by Crippen LogP contribution is -2.34. The van der Waals surface area contributed by atoms with Crippen LogP contribution in [0.25, 0.3) is 11.4 Å². The highest BCUT2D eigenvalue weighted by Gasteiger charge is 2.26. The van der Waals surface area contributed by atoms with E-state index in [1.165, 1.54) is 12.1 Å². The van der Waals surface area contributed by atoms with Crippen LogP contribution in [0.4, 0.5) is 4.39 Å². The lowest BCUT2D eigenvalue weighted by Gasteiger charge is -2.30. The summed E-state index contributed by atoms with van der Waals surface area (Å²) in [5, 5.41) is 8.07. The normalized spacial score (nSPS) is 18.6. The number of aromatic nitrogens is 3. The van der Waals surface area contributed by atoms with Gasteiger partial charge >= 0.3 is 0 Å². The molecule has 1 fully saturated rings. The molecule has 3 aromatic rings. The van der Waals surface area contributed by atoms with E-state index in [4.69, 9.17) is 9.05 Å². The van der Waals surface area contributed by atoms with Crippen molar-refractivity contribution < 1.29 is 13.4 Å². The van der Waals surface area contributed by atoms with E-state index >= 15 is 0 Å². The number of rotatable bonds is 4. The molecule has 2 aromatic heterocycles. The Morgan fingerprint density at radius 2 is 2.16 bits per heavy atom. The highest BCUT2D eigenvalue weighted by atomic mass is 19.1. The number of hydrogen-bond acceptors (Lipinski definition) is 6. The van der Waals surface area contributed by atoms with Gasteiger partial charge in [-0.15, -0.1) is 0 Å². The fourth-order valence-corrected chi connectivity index (χ4v) is 3.27. The van der Waals surface area contributed by atoms with Gasteiger partial charge in [-0.25, -0.2) is 4.39 Å². The van der Waals surface area contributed by atoms with Crippen LogP contribution in [0.3, 0.4) is 0 Å². The Hall–Kier alpha value is -2.54. The van der Waals surface area contributed by atoms with Gasteiger partial charge in [0.05, 0.1) is 11.6 Å². The van der Waals surface area contributed by atoms with Crippen LogP contribution >= 0.6 is 0 Å². The molecule has 0 aliphatic carbocycles. The molecule has 0 radical (unpaired) electrons. The Kier molecular flexibility index (Phi) is 4.31. The second-order valence-electron chi connectivity index (χ2n) is 6.47. The lowest BCUT2D eigenvalue weighted by molar-refractivity contribution is 0.176. The number of halogens is 1. The molecule has 0 bridgehead atoms. The zero-order valence-electron chi connectivity index (χ0n) is 14.0. The van der Waals surface area contributed by atoms with Gasteiger partial charge in [0.25, 0.3) is 0 Å². The molecule has 0 spiro atoms. The predicted molar refractivity (Wildman–Crippen MR) is 88.2 cm³/mol. The quantitative estimate of drug-likeness (QED) is 0.722. The van der Waals surface area contributed by atoms with Gasteiger partial charge in [0.1, 0.15) is 11.6 Å². The molecule has 3 heterocycles. The first-order chi connectivity index (χ1) is 12.2. The molecule has 0 amide bonds. The minimum absolute atomic E-state index is 0.177. The first-order valence-electron chi connectivity index (χ1n) is 8.41. The molecule has 25 heavy (non-hydrogen) atoms. The highest BCUT2D eigenvalue weighted by molar-refractivity contribution is 5.53. The first kappa shape index (κ1) is 16.0. The molecular formula is C18H19FN4O2. The molecule has 1 aliphatic rings. The smallest absolute Gasteiger partial charge is 0.231 e. The van der Waals surface area contributed by atoms with Crippen molar-refractivity contribution in [3.63, 3.8) is 0 Å². The van der Waals surface area contributed by atoms with Gasteiger partial charge in [-0.05, 0) is 38.4 Å². The Balaban J connectivity index is 1.46. The Bertz CT molecular complexity index is 860. The van der Waals surface area contributed by atoms with Gasteiger partial charge in [-0.2, -0.15) is 4.98 Å². The van der Waals surface area contributed by atoms with Gasteiger partial charge < -0.3 is 9.05 Å². The third kappa shape index (κ3) is 3.61. The van der Waals surface area contributed by atoms with Crippen LogP contribution in [-0.4, -0.2) is 33.3 Å². The standard InChI is InChI=1S/C18H19FN4O2/c1-12-8-16(21-24-12)11-23-7-3-5-14(10-23)18-20-17(22-25-18)13-4-2-6-15(19)9-13/h2,4,6,8-9,14H,3,5,7,10-11H2,1H3/t14-/m1/s1. The lowest BCUT2D eigenvalue weighted by atomic mass is 9.98. The SMILES string of the molecule is Cc1cc(CN2CCC[C@@H](c3nc(-c4cccc(F)c4)no3)C2)no1. The van der Waals surface area contributed by atoms with Crippen LogP contribution < -0.4 is 0 Å². The molecule has 1 atom stereocenters. The summed E-state index contributed by atoms with van der Waals surface area (Å²) in [6, 6.07) is 8.18. The molecule has 4 rings (SSSR count). The first-order valence-corrected chi connectivity index (χ1v) is 8.41. The van der Waals surface area contributed by atoms with Crippen molar-refractivity contribution >= 4 is 0 Å². The summed E-state index contributed by atoms with van der Waals surface area (Å²) in [5.74, 6) is 1.73. The van der Waals surface area contributed by atoms with Gasteiger partial charge in [0, 0.05) is 24.7 Å². The van der Waals surface area contributed by atoms with Crippen LogP contribution in [0.15, 0.2) is 39.4 Å². The van der Waals surface area contributed by atoms with Crippen LogP contribution in [-0.2, 0) is 6.54 Å². The third-order valence-electron chi connectivity index (χ3n) is 4.44. The van der Waals surface area contributed by atoms with Crippen molar-refractivity contribution in [2.24, 2.45) is 0 Å². The average Bonchev–Trinajstić information content (AvgIpc) is 3.25. The van der Waals surface area contributed by atoms with E-state index in [0.29, 0.717) is 17.3 Å². The molecule has 1 aromatic carbocycles. The minimum Gasteiger partial charge on any atom is -0.361 e. The van der Waals surface area contributed by atoms with Gasteiger partial charge in [0.2, 0.25) is 11.7 Å². The zero-order valence-corrected chi connectivity index (χ0v) is 14.0. The highest BCUT2D eigenvalue weighted by Crippen LogP contribution is 2.28. The maximum Gasteiger partial charge on any atom is 0.231 e. The van der Waals surface area contributed by atoms with Crippen LogP contribution in [0.1, 0.15) is 36.1 Å². The number of likely N-dealkylation sites (tertiary alicyclic amines) is 1. The molecule has 0 unspecified atom stereocenters. The number of nitrogens with zero attached hydrogens (tertiary/aromatic N) is 4. The van der Waals surface area contributed by atoms with E-state index in [-0.39, 0.29) is 11.7 Å². The fourth-order valence-electron chi connectivity index (χ4n) is 3.27. The number of piperidine rings is 1. The summed E-state index contributed by atoms with van der Waals surface area (Å²) in [6.45, 7) is 4.48. The second-order valence-corrected chi connectivity index (χ2v) is 6.47. The average molecular weight is 342 g/mol. The predicted octanol–water partition coefficient (Wildman–Crippen LogP) is 3.55. The van der Waals surface area contributed by atoms with Gasteiger partial charge in [-0.1, -0.05) is 22.4 Å². The van der Waals surface area contributed by atoms with Crippen molar-refractivity contribution in [3.05, 3.63) is 53.5 Å². The summed E-state index contributed by atoms with van der Waals surface area (Å²) >= 11 is 0. The van der Waals surface area contributed by atoms with Crippen molar-refractivity contribution in [1.29, 1.82) is 0 Å². The molecule has 0 N–H and O–H groups in total. The molecule has 1 aliphatic heterocycles. The second kappa shape index (κ2) is 6.76.